The van der Waals surface area contributed by atoms with Gasteiger partial charge >= 0.3 is 0 Å². The van der Waals surface area contributed by atoms with E-state index >= 15 is 0 Å². The SMILES string of the molecule is C[C@@H](SCCOc1ccc(Cl)cc1)C(=O)N[C@@H]1CCS(=O)(=O)C1. The van der Waals surface area contributed by atoms with Crippen molar-refractivity contribution in [3.05, 3.63) is 29.3 Å². The third kappa shape index (κ3) is 6.24. The van der Waals surface area contributed by atoms with Gasteiger partial charge in [0.15, 0.2) is 9.84 Å². The first-order valence-electron chi connectivity index (χ1n) is 7.36. The molecule has 0 aliphatic carbocycles. The van der Waals surface area contributed by atoms with Gasteiger partial charge in [-0.15, -0.1) is 11.8 Å². The minimum Gasteiger partial charge on any atom is -0.493 e. The van der Waals surface area contributed by atoms with Crippen LogP contribution < -0.4 is 10.1 Å². The highest BCUT2D eigenvalue weighted by Gasteiger charge is 2.29. The zero-order valence-electron chi connectivity index (χ0n) is 12.8. The minimum atomic E-state index is -2.97. The molecule has 23 heavy (non-hydrogen) atoms. The smallest absolute Gasteiger partial charge is 0.233 e. The topological polar surface area (TPSA) is 72.5 Å². The molecule has 1 aromatic rings. The second-order valence-corrected chi connectivity index (χ2v) is 9.54. The monoisotopic (exact) mass is 377 g/mol. The van der Waals surface area contributed by atoms with E-state index in [0.717, 1.165) is 5.75 Å². The highest BCUT2D eigenvalue weighted by atomic mass is 35.5. The molecule has 2 rings (SSSR count). The zero-order valence-corrected chi connectivity index (χ0v) is 15.2. The van der Waals surface area contributed by atoms with E-state index in [1.54, 1.807) is 24.3 Å². The van der Waals surface area contributed by atoms with Crippen molar-refractivity contribution < 1.29 is 17.9 Å². The minimum absolute atomic E-state index is 0.0514. The predicted octanol–water partition coefficient (Wildman–Crippen LogP) is 2.14. The summed E-state index contributed by atoms with van der Waals surface area (Å²) in [4.78, 5) is 12.0. The molecule has 0 spiro atoms. The van der Waals surface area contributed by atoms with Crippen molar-refractivity contribution in [2.75, 3.05) is 23.9 Å². The van der Waals surface area contributed by atoms with Crippen LogP contribution in [-0.2, 0) is 14.6 Å². The predicted molar refractivity (Wildman–Crippen MR) is 94.1 cm³/mol. The Hall–Kier alpha value is -0.920. The van der Waals surface area contributed by atoms with E-state index in [-0.39, 0.29) is 28.7 Å². The summed E-state index contributed by atoms with van der Waals surface area (Å²) in [5.41, 5.74) is 0. The van der Waals surface area contributed by atoms with Crippen LogP contribution in [0.1, 0.15) is 13.3 Å². The Bertz CT molecular complexity index is 633. The van der Waals surface area contributed by atoms with Gasteiger partial charge in [-0.1, -0.05) is 11.6 Å². The summed E-state index contributed by atoms with van der Waals surface area (Å²) in [6.45, 7) is 2.30. The number of rotatable bonds is 7. The third-order valence-corrected chi connectivity index (χ3v) is 6.62. The molecule has 128 valence electrons. The third-order valence-electron chi connectivity index (χ3n) is 3.48. The van der Waals surface area contributed by atoms with Crippen molar-refractivity contribution >= 4 is 39.1 Å². The number of carbonyl (C=O) groups excluding carboxylic acids is 1. The Kier molecular flexibility index (Phi) is 6.61. The van der Waals surface area contributed by atoms with Gasteiger partial charge in [0.05, 0.1) is 23.4 Å². The van der Waals surface area contributed by atoms with Crippen molar-refractivity contribution in [3.63, 3.8) is 0 Å². The standard InChI is InChI=1S/C15H20ClNO4S2/c1-11(15(18)17-13-6-9-23(19,20)10-13)22-8-7-21-14-4-2-12(16)3-5-14/h2-5,11,13H,6-10H2,1H3,(H,17,18)/t11-,13-/m1/s1. The summed E-state index contributed by atoms with van der Waals surface area (Å²) in [6, 6.07) is 6.86. The van der Waals surface area contributed by atoms with Crippen LogP contribution in [0.2, 0.25) is 5.02 Å². The van der Waals surface area contributed by atoms with Crippen LogP contribution >= 0.6 is 23.4 Å². The summed E-state index contributed by atoms with van der Waals surface area (Å²) in [5.74, 6) is 1.50. The second-order valence-electron chi connectivity index (χ2n) is 5.42. The summed E-state index contributed by atoms with van der Waals surface area (Å²) < 4.78 is 28.3. The van der Waals surface area contributed by atoms with E-state index in [0.29, 0.717) is 23.8 Å². The number of amides is 1. The number of carbonyl (C=O) groups is 1. The molecule has 0 radical (unpaired) electrons. The van der Waals surface area contributed by atoms with Crippen molar-refractivity contribution in [2.24, 2.45) is 0 Å². The van der Waals surface area contributed by atoms with Gasteiger partial charge in [0.25, 0.3) is 0 Å². The molecule has 0 aromatic heterocycles. The first-order chi connectivity index (χ1) is 10.9. The lowest BCUT2D eigenvalue weighted by Gasteiger charge is -2.15. The van der Waals surface area contributed by atoms with Crippen LogP contribution in [0.5, 0.6) is 5.75 Å². The highest BCUT2D eigenvalue weighted by Crippen LogP contribution is 2.17. The molecular weight excluding hydrogens is 358 g/mol. The van der Waals surface area contributed by atoms with E-state index in [1.165, 1.54) is 11.8 Å². The van der Waals surface area contributed by atoms with Crippen LogP contribution in [0.25, 0.3) is 0 Å². The Morgan fingerprint density at radius 1 is 1.43 bits per heavy atom. The number of nitrogens with one attached hydrogen (secondary N) is 1. The van der Waals surface area contributed by atoms with Crippen LogP contribution in [-0.4, -0.2) is 49.5 Å². The van der Waals surface area contributed by atoms with Gasteiger partial charge in [0, 0.05) is 16.8 Å². The van der Waals surface area contributed by atoms with Gasteiger partial charge in [-0.2, -0.15) is 0 Å². The molecule has 2 atom stereocenters. The lowest BCUT2D eigenvalue weighted by Crippen LogP contribution is -2.40. The fourth-order valence-electron chi connectivity index (χ4n) is 2.22. The van der Waals surface area contributed by atoms with E-state index in [4.69, 9.17) is 16.3 Å². The van der Waals surface area contributed by atoms with E-state index in [2.05, 4.69) is 5.32 Å². The van der Waals surface area contributed by atoms with Crippen molar-refractivity contribution in [3.8, 4) is 5.75 Å². The molecule has 1 aliphatic heterocycles. The summed E-state index contributed by atoms with van der Waals surface area (Å²) in [5, 5.41) is 3.22. The number of thioether (sulfide) groups is 1. The number of hydrogen-bond acceptors (Lipinski definition) is 5. The fourth-order valence-corrected chi connectivity index (χ4v) is 4.77. The largest absolute Gasteiger partial charge is 0.493 e. The fraction of sp³-hybridized carbons (Fsp3) is 0.533. The molecule has 0 saturated carbocycles. The number of hydrogen-bond donors (Lipinski definition) is 1. The molecule has 1 aliphatic rings. The maximum absolute atomic E-state index is 12.0. The lowest BCUT2D eigenvalue weighted by molar-refractivity contribution is -0.120. The van der Waals surface area contributed by atoms with Gasteiger partial charge < -0.3 is 10.1 Å². The molecule has 0 bridgehead atoms. The Labute approximate surface area is 146 Å². The van der Waals surface area contributed by atoms with E-state index < -0.39 is 9.84 Å². The average Bonchev–Trinajstić information content (AvgIpc) is 2.84. The van der Waals surface area contributed by atoms with E-state index in [9.17, 15) is 13.2 Å². The summed E-state index contributed by atoms with van der Waals surface area (Å²) >= 11 is 7.27. The van der Waals surface area contributed by atoms with Crippen molar-refractivity contribution in [1.29, 1.82) is 0 Å². The van der Waals surface area contributed by atoms with Crippen LogP contribution in [0.4, 0.5) is 0 Å². The van der Waals surface area contributed by atoms with Crippen molar-refractivity contribution in [1.82, 2.24) is 5.32 Å². The van der Waals surface area contributed by atoms with Gasteiger partial charge in [-0.05, 0) is 37.6 Å². The quantitative estimate of drug-likeness (QED) is 0.737. The van der Waals surface area contributed by atoms with E-state index in [1.807, 2.05) is 6.92 Å². The molecule has 8 heteroatoms. The molecule has 1 N–H and O–H groups in total. The van der Waals surface area contributed by atoms with Gasteiger partial charge in [-0.25, -0.2) is 8.42 Å². The molecule has 1 fully saturated rings. The second kappa shape index (κ2) is 8.26. The zero-order chi connectivity index (χ0) is 16.9. The van der Waals surface area contributed by atoms with Crippen LogP contribution in [0.3, 0.4) is 0 Å². The van der Waals surface area contributed by atoms with Gasteiger partial charge in [0.2, 0.25) is 5.91 Å². The molecule has 1 saturated heterocycles. The molecule has 1 aromatic carbocycles. The maximum atomic E-state index is 12.0. The molecular formula is C15H20ClNO4S2. The summed E-state index contributed by atoms with van der Waals surface area (Å²) in [6.07, 6.45) is 0.505. The molecule has 0 unspecified atom stereocenters. The normalized spacial score (nSPS) is 20.9. The first kappa shape index (κ1) is 18.4. The Morgan fingerprint density at radius 2 is 2.13 bits per heavy atom. The molecule has 5 nitrogen and oxygen atoms in total. The number of benzene rings is 1. The number of ether oxygens (including phenoxy) is 1. The van der Waals surface area contributed by atoms with Crippen molar-refractivity contribution in [2.45, 2.75) is 24.6 Å². The Morgan fingerprint density at radius 3 is 2.74 bits per heavy atom. The van der Waals surface area contributed by atoms with Crippen LogP contribution in [0.15, 0.2) is 24.3 Å². The Balaban J connectivity index is 1.65. The molecule has 1 heterocycles. The first-order valence-corrected chi connectivity index (χ1v) is 10.6. The number of halogens is 1. The van der Waals surface area contributed by atoms with Crippen LogP contribution in [0, 0.1) is 0 Å². The number of sulfone groups is 1. The van der Waals surface area contributed by atoms with Gasteiger partial charge in [-0.3, -0.25) is 4.79 Å². The average molecular weight is 378 g/mol. The lowest BCUT2D eigenvalue weighted by atomic mass is 10.2. The molecule has 1 amide bonds. The highest BCUT2D eigenvalue weighted by molar-refractivity contribution is 8.00. The summed E-state index contributed by atoms with van der Waals surface area (Å²) in [7, 11) is -2.97. The maximum Gasteiger partial charge on any atom is 0.233 e. The van der Waals surface area contributed by atoms with Gasteiger partial charge in [0.1, 0.15) is 5.75 Å².